The monoisotopic (exact) mass is 479 g/mol. The van der Waals surface area contributed by atoms with Gasteiger partial charge in [-0.2, -0.15) is 0 Å². The van der Waals surface area contributed by atoms with Crippen molar-refractivity contribution in [2.45, 2.75) is 32.2 Å². The van der Waals surface area contributed by atoms with Crippen molar-refractivity contribution in [2.75, 3.05) is 57.8 Å². The fraction of sp³-hybridized carbons (Fsp3) is 0.519. The third-order valence-corrected chi connectivity index (χ3v) is 6.95. The molecule has 8 nitrogen and oxygen atoms in total. The van der Waals surface area contributed by atoms with Gasteiger partial charge in [-0.3, -0.25) is 14.5 Å². The van der Waals surface area contributed by atoms with Gasteiger partial charge in [0.25, 0.3) is 0 Å². The van der Waals surface area contributed by atoms with E-state index in [0.29, 0.717) is 39.0 Å². The first kappa shape index (κ1) is 25.0. The molecule has 1 N–H and O–H groups in total. The molecule has 2 fully saturated rings. The van der Waals surface area contributed by atoms with Crippen molar-refractivity contribution in [1.82, 2.24) is 20.1 Å². The Balaban J connectivity index is 1.34. The second-order valence-electron chi connectivity index (χ2n) is 9.36. The van der Waals surface area contributed by atoms with E-state index in [4.69, 9.17) is 4.74 Å². The van der Waals surface area contributed by atoms with E-state index >= 15 is 0 Å². The summed E-state index contributed by atoms with van der Waals surface area (Å²) in [5, 5.41) is 3.03. The second kappa shape index (κ2) is 12.5. The van der Waals surface area contributed by atoms with Gasteiger partial charge >= 0.3 is 0 Å². The van der Waals surface area contributed by atoms with Crippen LogP contribution in [0.15, 0.2) is 48.7 Å². The smallest absolute Gasteiger partial charge is 0.225 e. The number of benzene rings is 1. The maximum absolute atomic E-state index is 13.4. The van der Waals surface area contributed by atoms with Gasteiger partial charge in [0.2, 0.25) is 11.8 Å². The van der Waals surface area contributed by atoms with E-state index in [-0.39, 0.29) is 17.7 Å². The third kappa shape index (κ3) is 7.18. The molecule has 0 spiro atoms. The maximum atomic E-state index is 13.4. The van der Waals surface area contributed by atoms with Gasteiger partial charge in [-0.25, -0.2) is 4.98 Å². The number of carbonyl (C=O) groups excluding carboxylic acids is 2. The number of anilines is 1. The third-order valence-electron chi connectivity index (χ3n) is 6.95. The molecular formula is C27H37N5O3. The molecule has 35 heavy (non-hydrogen) atoms. The number of amides is 2. The summed E-state index contributed by atoms with van der Waals surface area (Å²) < 4.78 is 5.36. The molecule has 1 aromatic carbocycles. The van der Waals surface area contributed by atoms with Crippen LogP contribution in [0.2, 0.25) is 0 Å². The molecule has 1 unspecified atom stereocenters. The van der Waals surface area contributed by atoms with Gasteiger partial charge in [0.15, 0.2) is 0 Å². The molecule has 1 atom stereocenters. The van der Waals surface area contributed by atoms with E-state index in [9.17, 15) is 9.59 Å². The summed E-state index contributed by atoms with van der Waals surface area (Å²) in [5.41, 5.74) is 1.16. The summed E-state index contributed by atoms with van der Waals surface area (Å²) in [6, 6.07) is 14.0. The number of methoxy groups -OCH3 is 1. The zero-order valence-corrected chi connectivity index (χ0v) is 20.7. The first-order chi connectivity index (χ1) is 17.1. The van der Waals surface area contributed by atoms with Gasteiger partial charge in [-0.1, -0.05) is 18.2 Å². The summed E-state index contributed by atoms with van der Waals surface area (Å²) >= 11 is 0. The molecule has 0 saturated carbocycles. The van der Waals surface area contributed by atoms with Gasteiger partial charge in [0, 0.05) is 64.3 Å². The Hall–Kier alpha value is -3.13. The molecule has 0 aliphatic carbocycles. The summed E-state index contributed by atoms with van der Waals surface area (Å²) in [6.45, 7) is 5.89. The van der Waals surface area contributed by atoms with Crippen molar-refractivity contribution in [3.05, 3.63) is 54.2 Å². The standard InChI is InChI=1S/C27H37N5O3/c1-35-24-8-4-6-22(20-24)21-30-14-5-7-23(10-13-29-26(33)11-15-30)27(34)32-18-16-31(17-19-32)25-9-2-3-12-28-25/h2-4,6,8-9,12,20,23H,5,7,10-11,13-19,21H2,1H3,(H,29,33). The summed E-state index contributed by atoms with van der Waals surface area (Å²) in [6.07, 6.45) is 4.74. The second-order valence-corrected chi connectivity index (χ2v) is 9.36. The molecule has 2 amide bonds. The lowest BCUT2D eigenvalue weighted by atomic mass is 9.97. The lowest BCUT2D eigenvalue weighted by molar-refractivity contribution is -0.136. The number of hydrogen-bond donors (Lipinski definition) is 1. The first-order valence-corrected chi connectivity index (χ1v) is 12.7. The maximum Gasteiger partial charge on any atom is 0.225 e. The van der Waals surface area contributed by atoms with E-state index in [1.807, 2.05) is 41.3 Å². The highest BCUT2D eigenvalue weighted by atomic mass is 16.5. The van der Waals surface area contributed by atoms with Gasteiger partial charge in [0.1, 0.15) is 11.6 Å². The van der Waals surface area contributed by atoms with Crippen molar-refractivity contribution in [1.29, 1.82) is 0 Å². The van der Waals surface area contributed by atoms with Gasteiger partial charge in [0.05, 0.1) is 7.11 Å². The predicted octanol–water partition coefficient (Wildman–Crippen LogP) is 2.55. The average Bonchev–Trinajstić information content (AvgIpc) is 2.94. The highest BCUT2D eigenvalue weighted by Gasteiger charge is 2.28. The molecule has 8 heteroatoms. The van der Waals surface area contributed by atoms with Crippen LogP contribution in [0.1, 0.15) is 31.2 Å². The lowest BCUT2D eigenvalue weighted by Crippen LogP contribution is -2.51. The van der Waals surface area contributed by atoms with Crippen LogP contribution in [0.5, 0.6) is 5.75 Å². The Kier molecular flexibility index (Phi) is 8.95. The van der Waals surface area contributed by atoms with Crippen LogP contribution in [-0.4, -0.2) is 79.5 Å². The zero-order chi connectivity index (χ0) is 24.5. The van der Waals surface area contributed by atoms with Crippen molar-refractivity contribution in [2.24, 2.45) is 5.92 Å². The minimum Gasteiger partial charge on any atom is -0.497 e. The Morgan fingerprint density at radius 2 is 1.91 bits per heavy atom. The summed E-state index contributed by atoms with van der Waals surface area (Å²) in [4.78, 5) is 36.8. The number of carbonyl (C=O) groups is 2. The molecule has 2 aliphatic heterocycles. The molecule has 2 saturated heterocycles. The molecular weight excluding hydrogens is 442 g/mol. The van der Waals surface area contributed by atoms with E-state index in [2.05, 4.69) is 26.2 Å². The van der Waals surface area contributed by atoms with Crippen LogP contribution < -0.4 is 15.0 Å². The fourth-order valence-electron chi connectivity index (χ4n) is 4.94. The largest absolute Gasteiger partial charge is 0.497 e. The average molecular weight is 480 g/mol. The highest BCUT2D eigenvalue weighted by Crippen LogP contribution is 2.20. The Morgan fingerprint density at radius 1 is 1.06 bits per heavy atom. The topological polar surface area (TPSA) is 78.0 Å². The van der Waals surface area contributed by atoms with Gasteiger partial charge < -0.3 is 19.9 Å². The molecule has 1 aromatic heterocycles. The Morgan fingerprint density at radius 3 is 2.69 bits per heavy atom. The number of rotatable bonds is 5. The number of hydrogen-bond acceptors (Lipinski definition) is 6. The van der Waals surface area contributed by atoms with E-state index in [0.717, 1.165) is 56.2 Å². The molecule has 2 aliphatic rings. The van der Waals surface area contributed by atoms with Crippen molar-refractivity contribution >= 4 is 17.6 Å². The van der Waals surface area contributed by atoms with E-state index < -0.39 is 0 Å². The van der Waals surface area contributed by atoms with Crippen LogP contribution in [0.25, 0.3) is 0 Å². The Labute approximate surface area is 208 Å². The summed E-state index contributed by atoms with van der Waals surface area (Å²) in [5.74, 6) is 2.02. The quantitative estimate of drug-likeness (QED) is 0.710. The van der Waals surface area contributed by atoms with Crippen LogP contribution in [0, 0.1) is 5.92 Å². The molecule has 3 heterocycles. The molecule has 0 bridgehead atoms. The molecule has 188 valence electrons. The van der Waals surface area contributed by atoms with Gasteiger partial charge in [-0.05, 0) is 55.6 Å². The van der Waals surface area contributed by atoms with Gasteiger partial charge in [-0.15, -0.1) is 0 Å². The molecule has 2 aromatic rings. The number of nitrogens with one attached hydrogen (secondary N) is 1. The van der Waals surface area contributed by atoms with Crippen LogP contribution in [0.3, 0.4) is 0 Å². The van der Waals surface area contributed by atoms with Crippen molar-refractivity contribution in [3.8, 4) is 5.75 Å². The number of pyridine rings is 1. The number of nitrogens with zero attached hydrogens (tertiary/aromatic N) is 4. The predicted molar refractivity (Wildman–Crippen MR) is 136 cm³/mol. The van der Waals surface area contributed by atoms with Crippen LogP contribution >= 0.6 is 0 Å². The Bertz CT molecular complexity index is 962. The number of ether oxygens (including phenoxy) is 1. The van der Waals surface area contributed by atoms with Crippen molar-refractivity contribution in [3.63, 3.8) is 0 Å². The minimum atomic E-state index is -0.0616. The SMILES string of the molecule is COc1cccc(CN2CCCC(C(=O)N3CCN(c4ccccn4)CC3)CCNC(=O)CC2)c1. The highest BCUT2D eigenvalue weighted by molar-refractivity contribution is 5.79. The normalized spacial score (nSPS) is 20.6. The molecule has 4 rings (SSSR count). The lowest BCUT2D eigenvalue weighted by Gasteiger charge is -2.37. The summed E-state index contributed by atoms with van der Waals surface area (Å²) in [7, 11) is 1.67. The van der Waals surface area contributed by atoms with E-state index in [1.54, 1.807) is 13.3 Å². The van der Waals surface area contributed by atoms with E-state index in [1.165, 1.54) is 0 Å². The fourth-order valence-corrected chi connectivity index (χ4v) is 4.94. The van der Waals surface area contributed by atoms with Crippen LogP contribution in [-0.2, 0) is 16.1 Å². The first-order valence-electron chi connectivity index (χ1n) is 12.7. The minimum absolute atomic E-state index is 0.0534. The number of piperazine rings is 1. The number of aromatic nitrogens is 1. The zero-order valence-electron chi connectivity index (χ0n) is 20.7. The van der Waals surface area contributed by atoms with Crippen molar-refractivity contribution < 1.29 is 14.3 Å². The molecule has 0 radical (unpaired) electrons. The van der Waals surface area contributed by atoms with Crippen LogP contribution in [0.4, 0.5) is 5.82 Å².